The normalized spacial score (nSPS) is 15.0. The second-order valence-electron chi connectivity index (χ2n) is 11.1. The maximum atomic E-state index is 5.15. The van der Waals surface area contributed by atoms with Gasteiger partial charge in [0.05, 0.1) is 11.4 Å². The van der Waals surface area contributed by atoms with Gasteiger partial charge in [0.15, 0.2) is 0 Å². The molecule has 8 rings (SSSR count). The van der Waals surface area contributed by atoms with Gasteiger partial charge < -0.3 is 0 Å². The van der Waals surface area contributed by atoms with Gasteiger partial charge in [0.1, 0.15) is 0 Å². The summed E-state index contributed by atoms with van der Waals surface area (Å²) in [5, 5.41) is 6.29. The van der Waals surface area contributed by atoms with Crippen LogP contribution in [-0.4, -0.2) is 4.98 Å². The standard InChI is InChI=1S/C39H29N.C2H6/c1-4-24-13-18-31-34(27-15-17-30-29-11-7-6-10-28(29)23(3)33(30)21-27)22-35(32-19-14-25(5-2)38(24)39(31)32)37-20-16-26-9-8-12-36(26)40-37;1-2/h4-8,10-23H,2,9H2,1,3H3;1-2H3/b24-4-;. The molecule has 0 saturated heterocycles. The summed E-state index contributed by atoms with van der Waals surface area (Å²) in [4.78, 5) is 5.15. The van der Waals surface area contributed by atoms with Crippen molar-refractivity contribution in [2.45, 2.75) is 40.0 Å². The van der Waals surface area contributed by atoms with Crippen LogP contribution in [0.5, 0.6) is 0 Å². The number of aromatic nitrogens is 1. The highest BCUT2D eigenvalue weighted by Gasteiger charge is 2.26. The molecule has 2 aliphatic rings. The monoisotopic (exact) mass is 541 g/mol. The topological polar surface area (TPSA) is 12.9 Å². The predicted octanol–water partition coefficient (Wildman–Crippen LogP) is 10.6. The third-order valence-electron chi connectivity index (χ3n) is 9.07. The van der Waals surface area contributed by atoms with E-state index >= 15 is 0 Å². The lowest BCUT2D eigenvalue weighted by molar-refractivity contribution is 0.957. The minimum Gasteiger partial charge on any atom is -0.248 e. The smallest absolute Gasteiger partial charge is 0.0715 e. The zero-order valence-electron chi connectivity index (χ0n) is 24.8. The van der Waals surface area contributed by atoms with Gasteiger partial charge in [-0.3, -0.25) is 0 Å². The predicted molar refractivity (Wildman–Crippen MR) is 183 cm³/mol. The van der Waals surface area contributed by atoms with Crippen molar-refractivity contribution in [3.05, 3.63) is 131 Å². The molecule has 0 fully saturated rings. The molecule has 0 saturated carbocycles. The summed E-state index contributed by atoms with van der Waals surface area (Å²) < 4.78 is 0. The molecular formula is C41H35N. The molecule has 0 N–H and O–H groups in total. The van der Waals surface area contributed by atoms with Crippen molar-refractivity contribution in [1.29, 1.82) is 0 Å². The van der Waals surface area contributed by atoms with Crippen LogP contribution in [0.15, 0.2) is 97.6 Å². The molecular weight excluding hydrogens is 506 g/mol. The van der Waals surface area contributed by atoms with Crippen molar-refractivity contribution in [2.24, 2.45) is 0 Å². The molecule has 0 aliphatic heterocycles. The summed E-state index contributed by atoms with van der Waals surface area (Å²) in [6, 6.07) is 31.8. The highest BCUT2D eigenvalue weighted by atomic mass is 14.7. The third-order valence-corrected chi connectivity index (χ3v) is 9.07. The number of allylic oxidation sites excluding steroid dienone is 1. The molecule has 204 valence electrons. The molecule has 6 aromatic rings. The van der Waals surface area contributed by atoms with Gasteiger partial charge in [-0.05, 0) is 109 Å². The van der Waals surface area contributed by atoms with Crippen LogP contribution in [0.2, 0.25) is 0 Å². The van der Waals surface area contributed by atoms with Crippen LogP contribution in [0, 0.1) is 0 Å². The van der Waals surface area contributed by atoms with Gasteiger partial charge in [0.25, 0.3) is 0 Å². The lowest BCUT2D eigenvalue weighted by Gasteiger charge is -2.18. The van der Waals surface area contributed by atoms with Gasteiger partial charge in [-0.1, -0.05) is 112 Å². The Morgan fingerprint density at radius 1 is 0.762 bits per heavy atom. The van der Waals surface area contributed by atoms with E-state index in [-0.39, 0.29) is 0 Å². The zero-order valence-corrected chi connectivity index (χ0v) is 24.8. The first-order valence-electron chi connectivity index (χ1n) is 15.2. The summed E-state index contributed by atoms with van der Waals surface area (Å²) in [5.41, 5.74) is 13.8. The molecule has 1 unspecified atom stereocenters. The number of fused-ring (bicyclic) bond motifs is 4. The third kappa shape index (κ3) is 3.80. The van der Waals surface area contributed by atoms with Crippen LogP contribution in [0.25, 0.3) is 73.3 Å². The number of nitrogens with zero attached hydrogens (tertiary/aromatic N) is 1. The zero-order chi connectivity index (χ0) is 29.0. The largest absolute Gasteiger partial charge is 0.248 e. The van der Waals surface area contributed by atoms with Crippen LogP contribution in [0.4, 0.5) is 0 Å². The Bertz CT molecular complexity index is 2130. The number of pyridine rings is 1. The van der Waals surface area contributed by atoms with E-state index in [0.717, 1.165) is 23.4 Å². The second kappa shape index (κ2) is 10.3. The number of hydrogen-bond donors (Lipinski definition) is 0. The van der Waals surface area contributed by atoms with E-state index in [0.29, 0.717) is 5.92 Å². The molecule has 1 atom stereocenters. The number of rotatable bonds is 3. The fourth-order valence-corrected chi connectivity index (χ4v) is 7.05. The quantitative estimate of drug-likeness (QED) is 0.217. The van der Waals surface area contributed by atoms with Gasteiger partial charge in [-0.25, -0.2) is 4.98 Å². The Labute approximate surface area is 248 Å². The maximum absolute atomic E-state index is 5.15. The van der Waals surface area contributed by atoms with E-state index in [9.17, 15) is 0 Å². The first kappa shape index (κ1) is 26.2. The molecule has 42 heavy (non-hydrogen) atoms. The van der Waals surface area contributed by atoms with Crippen molar-refractivity contribution in [1.82, 2.24) is 4.98 Å². The van der Waals surface area contributed by atoms with Crippen molar-refractivity contribution >= 4 is 39.8 Å². The van der Waals surface area contributed by atoms with E-state index in [4.69, 9.17) is 4.98 Å². The summed E-state index contributed by atoms with van der Waals surface area (Å²) in [7, 11) is 0. The molecule has 1 aromatic heterocycles. The highest BCUT2D eigenvalue weighted by molar-refractivity contribution is 6.21. The minimum absolute atomic E-state index is 0.376. The molecule has 1 heteroatoms. The Morgan fingerprint density at radius 2 is 1.55 bits per heavy atom. The van der Waals surface area contributed by atoms with Gasteiger partial charge in [-0.2, -0.15) is 0 Å². The summed E-state index contributed by atoms with van der Waals surface area (Å²) >= 11 is 0. The van der Waals surface area contributed by atoms with Crippen molar-refractivity contribution in [3.63, 3.8) is 0 Å². The Morgan fingerprint density at radius 3 is 2.38 bits per heavy atom. The first-order valence-corrected chi connectivity index (χ1v) is 15.2. The van der Waals surface area contributed by atoms with Gasteiger partial charge in [-0.15, -0.1) is 0 Å². The van der Waals surface area contributed by atoms with Gasteiger partial charge in [0.2, 0.25) is 0 Å². The molecule has 1 heterocycles. The van der Waals surface area contributed by atoms with E-state index in [1.54, 1.807) is 0 Å². The Balaban J connectivity index is 0.00000141. The Kier molecular flexibility index (Phi) is 6.39. The van der Waals surface area contributed by atoms with E-state index in [1.165, 1.54) is 71.3 Å². The van der Waals surface area contributed by atoms with Crippen molar-refractivity contribution in [3.8, 4) is 33.5 Å². The average molecular weight is 542 g/mol. The average Bonchev–Trinajstić information content (AvgIpc) is 3.64. The molecule has 0 bridgehead atoms. The lowest BCUT2D eigenvalue weighted by atomic mass is 9.85. The van der Waals surface area contributed by atoms with Crippen molar-refractivity contribution < 1.29 is 0 Å². The fraction of sp³-hybridized carbons (Fsp3) is 0.146. The van der Waals surface area contributed by atoms with Crippen LogP contribution >= 0.6 is 0 Å². The second-order valence-corrected chi connectivity index (χ2v) is 11.1. The number of benzene rings is 5. The number of hydrogen-bond acceptors (Lipinski definition) is 1. The highest BCUT2D eigenvalue weighted by Crippen LogP contribution is 2.47. The van der Waals surface area contributed by atoms with E-state index in [1.807, 2.05) is 19.9 Å². The molecule has 1 nitrogen and oxygen atoms in total. The molecule has 0 radical (unpaired) electrons. The fourth-order valence-electron chi connectivity index (χ4n) is 7.05. The van der Waals surface area contributed by atoms with E-state index in [2.05, 4.69) is 124 Å². The molecule has 5 aromatic carbocycles. The summed E-state index contributed by atoms with van der Waals surface area (Å²) in [5.74, 6) is 0.376. The van der Waals surface area contributed by atoms with Crippen LogP contribution < -0.4 is 5.22 Å². The molecule has 0 spiro atoms. The lowest BCUT2D eigenvalue weighted by Crippen LogP contribution is -2.04. The van der Waals surface area contributed by atoms with Crippen LogP contribution in [0.3, 0.4) is 0 Å². The SMILES string of the molecule is C=Cc1ccc2c(-c3ccc4c(n3)C=CC4)cc(-c3ccc4c(c3)C(C)c3ccccc3-4)c3cc/c(=C/C)c1c32.CC. The summed E-state index contributed by atoms with van der Waals surface area (Å²) in [6.45, 7) is 12.6. The summed E-state index contributed by atoms with van der Waals surface area (Å²) in [6.07, 6.45) is 9.51. The van der Waals surface area contributed by atoms with Crippen molar-refractivity contribution in [2.75, 3.05) is 0 Å². The van der Waals surface area contributed by atoms with Crippen LogP contribution in [-0.2, 0) is 6.42 Å². The van der Waals surface area contributed by atoms with Crippen LogP contribution in [0.1, 0.15) is 61.6 Å². The maximum Gasteiger partial charge on any atom is 0.0715 e. The first-order chi connectivity index (χ1) is 20.7. The van der Waals surface area contributed by atoms with E-state index < -0.39 is 0 Å². The van der Waals surface area contributed by atoms with Gasteiger partial charge >= 0.3 is 0 Å². The minimum atomic E-state index is 0.376. The molecule has 0 amide bonds. The Hall–Kier alpha value is -4.75. The molecule has 2 aliphatic carbocycles. The van der Waals surface area contributed by atoms with Gasteiger partial charge in [0, 0.05) is 11.5 Å².